The molecule has 0 saturated carbocycles. The Kier molecular flexibility index (Phi) is 4.16. The summed E-state index contributed by atoms with van der Waals surface area (Å²) in [7, 11) is 1.81. The number of likely N-dealkylation sites (tertiary alicyclic amines) is 1. The Morgan fingerprint density at radius 1 is 1.05 bits per heavy atom. The van der Waals surface area contributed by atoms with E-state index in [1.165, 1.54) is 31.5 Å². The summed E-state index contributed by atoms with van der Waals surface area (Å²) < 4.78 is 1.66. The lowest BCUT2D eigenvalue weighted by atomic mass is 10.0. The quantitative estimate of drug-likeness (QED) is 0.866. The highest BCUT2D eigenvalue weighted by Gasteiger charge is 2.19. The van der Waals surface area contributed by atoms with Gasteiger partial charge in [-0.2, -0.15) is 0 Å². The molecule has 0 N–H and O–H groups in total. The summed E-state index contributed by atoms with van der Waals surface area (Å²) in [5.41, 5.74) is 4.49. The van der Waals surface area contributed by atoms with Crippen LogP contribution in [-0.2, 0) is 7.05 Å². The minimum absolute atomic E-state index is 0.0722. The van der Waals surface area contributed by atoms with Crippen LogP contribution in [0, 0.1) is 6.92 Å². The van der Waals surface area contributed by atoms with Crippen LogP contribution >= 0.6 is 0 Å². The molecule has 1 atom stereocenters. The van der Waals surface area contributed by atoms with Crippen molar-refractivity contribution in [3.05, 3.63) is 58.0 Å². The maximum Gasteiger partial charge on any atom is 0.253 e. The van der Waals surface area contributed by atoms with Gasteiger partial charge in [-0.05, 0) is 62.5 Å². The average Bonchev–Trinajstić information content (AvgIpc) is 3.06. The van der Waals surface area contributed by atoms with Gasteiger partial charge in [0.2, 0.25) is 0 Å². The molecule has 0 radical (unpaired) electrons. The molecule has 0 amide bonds. The Bertz CT molecular complexity index is 683. The fourth-order valence-corrected chi connectivity index (χ4v) is 3.33. The fourth-order valence-electron chi connectivity index (χ4n) is 3.33. The molecule has 0 unspecified atom stereocenters. The third kappa shape index (κ3) is 2.86. The van der Waals surface area contributed by atoms with Gasteiger partial charge in [0, 0.05) is 24.8 Å². The highest BCUT2D eigenvalue weighted by atomic mass is 16.1. The number of rotatable bonds is 3. The molecule has 0 aliphatic carbocycles. The van der Waals surface area contributed by atoms with Crippen molar-refractivity contribution in [3.8, 4) is 11.1 Å². The van der Waals surface area contributed by atoms with Crippen LogP contribution in [0.1, 0.15) is 36.9 Å². The first-order valence-corrected chi connectivity index (χ1v) is 8.08. The van der Waals surface area contributed by atoms with Gasteiger partial charge in [0.15, 0.2) is 0 Å². The zero-order valence-corrected chi connectivity index (χ0v) is 13.7. The molecule has 116 valence electrons. The van der Waals surface area contributed by atoms with Gasteiger partial charge in [0.05, 0.1) is 0 Å². The molecule has 1 fully saturated rings. The molecule has 0 bridgehead atoms. The van der Waals surface area contributed by atoms with Crippen LogP contribution in [0.5, 0.6) is 0 Å². The molecule has 1 aliphatic heterocycles. The smallest absolute Gasteiger partial charge is 0.253 e. The first-order valence-electron chi connectivity index (χ1n) is 8.08. The molecular formula is C19H24N2O. The van der Waals surface area contributed by atoms with E-state index in [9.17, 15) is 4.79 Å². The van der Waals surface area contributed by atoms with Crippen molar-refractivity contribution < 1.29 is 0 Å². The number of aromatic nitrogens is 1. The maximum absolute atomic E-state index is 11.8. The first-order chi connectivity index (χ1) is 10.6. The summed E-state index contributed by atoms with van der Waals surface area (Å²) in [5, 5.41) is 0. The van der Waals surface area contributed by atoms with E-state index in [4.69, 9.17) is 0 Å². The standard InChI is InChI=1S/C19H24N2O/c1-14-12-18(13-20(3)19(14)22)17-8-6-16(7-9-17)15(2)21-10-4-5-11-21/h6-9,12-13,15H,4-5,10-11H2,1-3H3/t15-/m0/s1. The van der Waals surface area contributed by atoms with Gasteiger partial charge in [-0.25, -0.2) is 0 Å². The number of hydrogen-bond acceptors (Lipinski definition) is 2. The van der Waals surface area contributed by atoms with Gasteiger partial charge >= 0.3 is 0 Å². The lowest BCUT2D eigenvalue weighted by molar-refractivity contribution is 0.263. The topological polar surface area (TPSA) is 25.2 Å². The number of benzene rings is 1. The van der Waals surface area contributed by atoms with Crippen LogP contribution in [-0.4, -0.2) is 22.6 Å². The molecule has 1 saturated heterocycles. The van der Waals surface area contributed by atoms with E-state index in [0.29, 0.717) is 6.04 Å². The van der Waals surface area contributed by atoms with Crippen LogP contribution < -0.4 is 5.56 Å². The Balaban J connectivity index is 1.86. The zero-order chi connectivity index (χ0) is 15.7. The van der Waals surface area contributed by atoms with E-state index in [1.54, 1.807) is 4.57 Å². The molecular weight excluding hydrogens is 272 g/mol. The largest absolute Gasteiger partial charge is 0.318 e. The maximum atomic E-state index is 11.8. The highest BCUT2D eigenvalue weighted by Crippen LogP contribution is 2.27. The van der Waals surface area contributed by atoms with Crippen LogP contribution in [0.15, 0.2) is 41.3 Å². The molecule has 1 aliphatic rings. The van der Waals surface area contributed by atoms with Crippen molar-refractivity contribution in [1.82, 2.24) is 9.47 Å². The van der Waals surface area contributed by atoms with E-state index in [-0.39, 0.29) is 5.56 Å². The van der Waals surface area contributed by atoms with E-state index >= 15 is 0 Å². The number of hydrogen-bond donors (Lipinski definition) is 0. The molecule has 3 nitrogen and oxygen atoms in total. The third-order valence-electron chi connectivity index (χ3n) is 4.78. The summed E-state index contributed by atoms with van der Waals surface area (Å²) in [5.74, 6) is 0. The van der Waals surface area contributed by atoms with Gasteiger partial charge in [0.1, 0.15) is 0 Å². The number of pyridine rings is 1. The predicted molar refractivity (Wildman–Crippen MR) is 91.1 cm³/mol. The Labute approximate surface area is 132 Å². The molecule has 2 heterocycles. The van der Waals surface area contributed by atoms with Crippen molar-refractivity contribution in [1.29, 1.82) is 0 Å². The van der Waals surface area contributed by atoms with Crippen LogP contribution in [0.4, 0.5) is 0 Å². The van der Waals surface area contributed by atoms with Crippen LogP contribution in [0.2, 0.25) is 0 Å². The molecule has 0 spiro atoms. The Morgan fingerprint density at radius 3 is 2.27 bits per heavy atom. The van der Waals surface area contributed by atoms with Crippen molar-refractivity contribution in [2.24, 2.45) is 7.05 Å². The Morgan fingerprint density at radius 2 is 1.68 bits per heavy atom. The summed E-state index contributed by atoms with van der Waals surface area (Å²) >= 11 is 0. The first kappa shape index (κ1) is 15.0. The second-order valence-electron chi connectivity index (χ2n) is 6.37. The molecule has 22 heavy (non-hydrogen) atoms. The summed E-state index contributed by atoms with van der Waals surface area (Å²) in [6, 6.07) is 11.2. The van der Waals surface area contributed by atoms with E-state index in [1.807, 2.05) is 26.2 Å². The second-order valence-corrected chi connectivity index (χ2v) is 6.37. The molecule has 3 rings (SSSR count). The van der Waals surface area contributed by atoms with Crippen LogP contribution in [0.25, 0.3) is 11.1 Å². The van der Waals surface area contributed by atoms with Gasteiger partial charge in [-0.3, -0.25) is 9.69 Å². The van der Waals surface area contributed by atoms with Crippen molar-refractivity contribution in [2.45, 2.75) is 32.7 Å². The monoisotopic (exact) mass is 296 g/mol. The zero-order valence-electron chi connectivity index (χ0n) is 13.7. The highest BCUT2D eigenvalue weighted by molar-refractivity contribution is 5.63. The molecule has 2 aromatic rings. The lowest BCUT2D eigenvalue weighted by Crippen LogP contribution is -2.23. The van der Waals surface area contributed by atoms with Crippen molar-refractivity contribution >= 4 is 0 Å². The van der Waals surface area contributed by atoms with Gasteiger partial charge < -0.3 is 4.57 Å². The SMILES string of the molecule is Cc1cc(-c2ccc([C@H](C)N3CCCC3)cc2)cn(C)c1=O. The normalized spacial score (nSPS) is 16.9. The average molecular weight is 296 g/mol. The lowest BCUT2D eigenvalue weighted by Gasteiger charge is -2.24. The molecule has 3 heteroatoms. The second kappa shape index (κ2) is 6.09. The van der Waals surface area contributed by atoms with Crippen molar-refractivity contribution in [2.75, 3.05) is 13.1 Å². The number of nitrogens with zero attached hydrogens (tertiary/aromatic N) is 2. The van der Waals surface area contributed by atoms with E-state index < -0.39 is 0 Å². The number of aryl methyl sites for hydroxylation is 2. The summed E-state index contributed by atoms with van der Waals surface area (Å²) in [4.78, 5) is 14.3. The Hall–Kier alpha value is -1.87. The van der Waals surface area contributed by atoms with Gasteiger partial charge in [-0.1, -0.05) is 24.3 Å². The predicted octanol–water partition coefficient (Wildman–Crippen LogP) is 3.52. The van der Waals surface area contributed by atoms with Gasteiger partial charge in [0.25, 0.3) is 5.56 Å². The summed E-state index contributed by atoms with van der Waals surface area (Å²) in [6.45, 7) is 6.58. The molecule has 1 aromatic carbocycles. The van der Waals surface area contributed by atoms with E-state index in [0.717, 1.165) is 16.7 Å². The van der Waals surface area contributed by atoms with Crippen LogP contribution in [0.3, 0.4) is 0 Å². The minimum Gasteiger partial charge on any atom is -0.318 e. The minimum atomic E-state index is 0.0722. The third-order valence-corrected chi connectivity index (χ3v) is 4.78. The van der Waals surface area contributed by atoms with Crippen molar-refractivity contribution in [3.63, 3.8) is 0 Å². The van der Waals surface area contributed by atoms with E-state index in [2.05, 4.69) is 36.1 Å². The molecule has 1 aromatic heterocycles. The fraction of sp³-hybridized carbons (Fsp3) is 0.421. The summed E-state index contributed by atoms with van der Waals surface area (Å²) in [6.07, 6.45) is 4.55. The van der Waals surface area contributed by atoms with Gasteiger partial charge in [-0.15, -0.1) is 0 Å².